The molecule has 29 heavy (non-hydrogen) atoms. The van der Waals surface area contributed by atoms with E-state index in [1.165, 1.54) is 11.1 Å². The molecule has 0 saturated carbocycles. The lowest BCUT2D eigenvalue weighted by atomic mass is 10.1. The van der Waals surface area contributed by atoms with Crippen LogP contribution in [-0.4, -0.2) is 56.3 Å². The number of benzene rings is 2. The number of fused-ring (bicyclic) bond motifs is 1. The number of aromatic nitrogens is 1. The quantitative estimate of drug-likeness (QED) is 0.705. The Morgan fingerprint density at radius 2 is 1.72 bits per heavy atom. The fourth-order valence-electron chi connectivity index (χ4n) is 3.86. The maximum Gasteiger partial charge on any atom is 0.321 e. The molecule has 2 N–H and O–H groups in total. The highest BCUT2D eigenvalue weighted by atomic mass is 16.5. The Morgan fingerprint density at radius 1 is 1.03 bits per heavy atom. The first-order valence-electron chi connectivity index (χ1n) is 9.70. The van der Waals surface area contributed by atoms with Crippen molar-refractivity contribution in [2.24, 2.45) is 0 Å². The molecule has 0 radical (unpaired) electrons. The lowest BCUT2D eigenvalue weighted by Crippen LogP contribution is -2.50. The Balaban J connectivity index is 1.43. The van der Waals surface area contributed by atoms with Gasteiger partial charge in [0.25, 0.3) is 0 Å². The first kappa shape index (κ1) is 19.0. The second-order valence-electron chi connectivity index (χ2n) is 7.13. The molecule has 2 heterocycles. The van der Waals surface area contributed by atoms with E-state index < -0.39 is 0 Å². The van der Waals surface area contributed by atoms with Gasteiger partial charge in [-0.1, -0.05) is 6.07 Å². The van der Waals surface area contributed by atoms with Crippen molar-refractivity contribution in [3.8, 4) is 11.5 Å². The largest absolute Gasteiger partial charge is 0.496 e. The minimum atomic E-state index is -0.113. The van der Waals surface area contributed by atoms with Crippen molar-refractivity contribution in [1.82, 2.24) is 9.88 Å². The van der Waals surface area contributed by atoms with Crippen LogP contribution >= 0.6 is 0 Å². The number of carbonyl (C=O) groups excluding carboxylic acids is 1. The topological polar surface area (TPSA) is 69.8 Å². The number of urea groups is 1. The molecule has 1 aromatic heterocycles. The number of hydrogen-bond acceptors (Lipinski definition) is 4. The maximum absolute atomic E-state index is 12.8. The van der Waals surface area contributed by atoms with Gasteiger partial charge in [-0.25, -0.2) is 4.79 Å². The summed E-state index contributed by atoms with van der Waals surface area (Å²) < 4.78 is 10.8. The molecule has 7 nitrogen and oxygen atoms in total. The van der Waals surface area contributed by atoms with Crippen LogP contribution in [0.25, 0.3) is 10.9 Å². The third-order valence-corrected chi connectivity index (χ3v) is 5.48. The molecule has 2 amide bonds. The second kappa shape index (κ2) is 7.95. The van der Waals surface area contributed by atoms with E-state index >= 15 is 0 Å². The monoisotopic (exact) mass is 394 g/mol. The summed E-state index contributed by atoms with van der Waals surface area (Å²) in [6, 6.07) is 11.9. The van der Waals surface area contributed by atoms with E-state index in [4.69, 9.17) is 9.47 Å². The molecule has 1 saturated heterocycles. The number of rotatable bonds is 4. The van der Waals surface area contributed by atoms with Gasteiger partial charge in [-0.3, -0.25) is 0 Å². The van der Waals surface area contributed by atoms with Gasteiger partial charge in [0.15, 0.2) is 0 Å². The Hall–Kier alpha value is -3.35. The highest BCUT2D eigenvalue weighted by molar-refractivity contribution is 5.93. The second-order valence-corrected chi connectivity index (χ2v) is 7.13. The highest BCUT2D eigenvalue weighted by Crippen LogP contribution is 2.32. The van der Waals surface area contributed by atoms with Gasteiger partial charge in [0, 0.05) is 72.3 Å². The zero-order valence-corrected chi connectivity index (χ0v) is 17.0. The first-order chi connectivity index (χ1) is 14.1. The number of nitrogens with zero attached hydrogens (tertiary/aromatic N) is 2. The number of anilines is 2. The number of methoxy groups -OCH3 is 2. The van der Waals surface area contributed by atoms with E-state index in [0.717, 1.165) is 24.2 Å². The lowest BCUT2D eigenvalue weighted by molar-refractivity contribution is 0.208. The van der Waals surface area contributed by atoms with E-state index in [1.54, 1.807) is 14.2 Å². The smallest absolute Gasteiger partial charge is 0.321 e. The van der Waals surface area contributed by atoms with E-state index in [2.05, 4.69) is 39.5 Å². The van der Waals surface area contributed by atoms with Gasteiger partial charge < -0.3 is 29.6 Å². The zero-order valence-electron chi connectivity index (χ0n) is 17.0. The van der Waals surface area contributed by atoms with Crippen molar-refractivity contribution in [1.29, 1.82) is 0 Å². The highest BCUT2D eigenvalue weighted by Gasteiger charge is 2.23. The molecule has 3 aromatic rings. The number of amides is 2. The van der Waals surface area contributed by atoms with Crippen LogP contribution in [0.15, 0.2) is 42.6 Å². The number of hydrogen-bond donors (Lipinski definition) is 2. The van der Waals surface area contributed by atoms with E-state index in [9.17, 15) is 4.79 Å². The molecular formula is C22H26N4O3. The Morgan fingerprint density at radius 3 is 2.38 bits per heavy atom. The molecule has 2 aromatic carbocycles. The number of carbonyl (C=O) groups is 1. The van der Waals surface area contributed by atoms with E-state index in [1.807, 2.05) is 30.2 Å². The predicted molar refractivity (Wildman–Crippen MR) is 115 cm³/mol. The van der Waals surface area contributed by atoms with Crippen molar-refractivity contribution >= 4 is 28.3 Å². The molecular weight excluding hydrogens is 368 g/mol. The number of H-pyrrole nitrogens is 1. The Bertz CT molecular complexity index is 997. The summed E-state index contributed by atoms with van der Waals surface area (Å²) in [5.41, 5.74) is 3.90. The van der Waals surface area contributed by atoms with Crippen LogP contribution in [0.1, 0.15) is 5.56 Å². The normalized spacial score (nSPS) is 14.2. The molecule has 1 fully saturated rings. The number of nitrogens with one attached hydrogen (secondary N) is 2. The standard InChI is InChI=1S/C22H26N4O3/c1-15-20(28-2)13-16(14-21(15)29-3)24-22(27)26-11-9-25(10-12-26)19-6-4-5-18-17(19)7-8-23-18/h4-8,13-14,23H,9-12H2,1-3H3,(H,24,27). The zero-order chi connectivity index (χ0) is 20.4. The Kier molecular flexibility index (Phi) is 5.20. The van der Waals surface area contributed by atoms with Crippen molar-refractivity contribution < 1.29 is 14.3 Å². The average molecular weight is 394 g/mol. The van der Waals surface area contributed by atoms with Gasteiger partial charge >= 0.3 is 6.03 Å². The average Bonchev–Trinajstić information content (AvgIpc) is 3.24. The summed E-state index contributed by atoms with van der Waals surface area (Å²) in [5.74, 6) is 1.37. The van der Waals surface area contributed by atoms with Gasteiger partial charge in [0.05, 0.1) is 14.2 Å². The van der Waals surface area contributed by atoms with Crippen molar-refractivity contribution in [2.45, 2.75) is 6.92 Å². The van der Waals surface area contributed by atoms with Crippen LogP contribution in [-0.2, 0) is 0 Å². The molecule has 152 valence electrons. The molecule has 7 heteroatoms. The van der Waals surface area contributed by atoms with Crippen LogP contribution in [0.4, 0.5) is 16.2 Å². The number of aromatic amines is 1. The predicted octanol–water partition coefficient (Wildman–Crippen LogP) is 3.85. The van der Waals surface area contributed by atoms with Gasteiger partial charge in [0.1, 0.15) is 11.5 Å². The van der Waals surface area contributed by atoms with E-state index in [0.29, 0.717) is 30.3 Å². The van der Waals surface area contributed by atoms with Crippen LogP contribution in [0.2, 0.25) is 0 Å². The van der Waals surface area contributed by atoms with Crippen molar-refractivity contribution in [2.75, 3.05) is 50.6 Å². The molecule has 0 aliphatic carbocycles. The molecule has 1 aliphatic heterocycles. The SMILES string of the molecule is COc1cc(NC(=O)N2CCN(c3cccc4[nH]ccc34)CC2)cc(OC)c1C. The lowest BCUT2D eigenvalue weighted by Gasteiger charge is -2.36. The van der Waals surface area contributed by atoms with Crippen LogP contribution in [0.3, 0.4) is 0 Å². The molecule has 1 aliphatic rings. The number of piperazine rings is 1. The van der Waals surface area contributed by atoms with Gasteiger partial charge in [0.2, 0.25) is 0 Å². The van der Waals surface area contributed by atoms with Crippen molar-refractivity contribution in [3.63, 3.8) is 0 Å². The minimum Gasteiger partial charge on any atom is -0.496 e. The summed E-state index contributed by atoms with van der Waals surface area (Å²) in [6.07, 6.45) is 1.96. The van der Waals surface area contributed by atoms with Crippen LogP contribution in [0, 0.1) is 6.92 Å². The molecule has 0 spiro atoms. The fraction of sp³-hybridized carbons (Fsp3) is 0.318. The van der Waals surface area contributed by atoms with Crippen LogP contribution in [0.5, 0.6) is 11.5 Å². The Labute approximate surface area is 170 Å². The van der Waals surface area contributed by atoms with Gasteiger partial charge in [-0.05, 0) is 25.1 Å². The van der Waals surface area contributed by atoms with Gasteiger partial charge in [-0.2, -0.15) is 0 Å². The number of ether oxygens (including phenoxy) is 2. The summed E-state index contributed by atoms with van der Waals surface area (Å²) in [7, 11) is 3.22. The molecule has 0 unspecified atom stereocenters. The third kappa shape index (κ3) is 3.68. The summed E-state index contributed by atoms with van der Waals surface area (Å²) in [6.45, 7) is 4.82. The maximum atomic E-state index is 12.8. The van der Waals surface area contributed by atoms with Crippen molar-refractivity contribution in [3.05, 3.63) is 48.2 Å². The molecule has 0 atom stereocenters. The fourth-order valence-corrected chi connectivity index (χ4v) is 3.86. The van der Waals surface area contributed by atoms with Gasteiger partial charge in [-0.15, -0.1) is 0 Å². The summed E-state index contributed by atoms with van der Waals surface area (Å²) >= 11 is 0. The summed E-state index contributed by atoms with van der Waals surface area (Å²) in [5, 5.41) is 4.18. The third-order valence-electron chi connectivity index (χ3n) is 5.48. The van der Waals surface area contributed by atoms with E-state index in [-0.39, 0.29) is 6.03 Å². The summed E-state index contributed by atoms with van der Waals surface area (Å²) in [4.78, 5) is 20.2. The first-order valence-corrected chi connectivity index (χ1v) is 9.70. The minimum absolute atomic E-state index is 0.113. The molecule has 0 bridgehead atoms. The molecule has 4 rings (SSSR count). The van der Waals surface area contributed by atoms with Crippen LogP contribution < -0.4 is 19.7 Å².